The molecule has 2 rings (SSSR count). The predicted octanol–water partition coefficient (Wildman–Crippen LogP) is 3.52. The summed E-state index contributed by atoms with van der Waals surface area (Å²) in [6.45, 7) is 0.409. The molecule has 0 spiro atoms. The molecule has 2 amide bonds. The fourth-order valence-electron chi connectivity index (χ4n) is 2.02. The van der Waals surface area contributed by atoms with E-state index in [9.17, 15) is 13.2 Å². The molecule has 1 N–H and O–H groups in total. The number of rotatable bonds is 6. The second-order valence-electron chi connectivity index (χ2n) is 5.46. The molecule has 0 aliphatic rings. The van der Waals surface area contributed by atoms with Crippen molar-refractivity contribution in [1.82, 2.24) is 9.62 Å². The third kappa shape index (κ3) is 6.60. The van der Waals surface area contributed by atoms with Gasteiger partial charge in [-0.1, -0.05) is 54.1 Å². The van der Waals surface area contributed by atoms with Crippen LogP contribution in [-0.2, 0) is 16.4 Å². The average Bonchev–Trinajstić information content (AvgIpc) is 2.59. The van der Waals surface area contributed by atoms with Gasteiger partial charge >= 0.3 is 6.03 Å². The van der Waals surface area contributed by atoms with Gasteiger partial charge in [0.25, 0.3) is 10.0 Å². The minimum atomic E-state index is -3.87. The zero-order chi connectivity index (χ0) is 18.3. The molecule has 7 heteroatoms. The van der Waals surface area contributed by atoms with Crippen LogP contribution in [0.25, 0.3) is 6.08 Å². The monoisotopic (exact) mass is 378 g/mol. The number of likely N-dealkylation sites (N-methyl/N-ethyl adjacent to an activating group) is 1. The van der Waals surface area contributed by atoms with E-state index in [0.717, 1.165) is 11.0 Å². The maximum absolute atomic E-state index is 12.0. The summed E-state index contributed by atoms with van der Waals surface area (Å²) in [7, 11) is -2.32. The Kier molecular flexibility index (Phi) is 6.61. The minimum absolute atomic E-state index is 0.409. The third-order valence-corrected chi connectivity index (χ3v) is 4.67. The molecule has 132 valence electrons. The number of sulfonamides is 1. The molecular weight excluding hydrogens is 360 g/mol. The molecule has 0 bridgehead atoms. The number of benzene rings is 2. The van der Waals surface area contributed by atoms with Crippen LogP contribution in [-0.4, -0.2) is 32.9 Å². The van der Waals surface area contributed by atoms with Gasteiger partial charge in [0.1, 0.15) is 0 Å². The number of carbonyl (C=O) groups excluding carboxylic acids is 1. The molecule has 0 radical (unpaired) electrons. The lowest BCUT2D eigenvalue weighted by Gasteiger charge is -2.17. The van der Waals surface area contributed by atoms with Gasteiger partial charge in [0.2, 0.25) is 0 Å². The molecule has 0 heterocycles. The zero-order valence-corrected chi connectivity index (χ0v) is 15.3. The van der Waals surface area contributed by atoms with E-state index in [2.05, 4.69) is 0 Å². The average molecular weight is 379 g/mol. The highest BCUT2D eigenvalue weighted by Gasteiger charge is 2.15. The number of nitrogens with zero attached hydrogens (tertiary/aromatic N) is 1. The highest BCUT2D eigenvalue weighted by molar-refractivity contribution is 7.93. The number of hydrogen-bond donors (Lipinski definition) is 1. The first-order valence-corrected chi connectivity index (χ1v) is 9.54. The number of amides is 2. The van der Waals surface area contributed by atoms with Crippen molar-refractivity contribution in [3.63, 3.8) is 0 Å². The lowest BCUT2D eigenvalue weighted by molar-refractivity contribution is 0.215. The summed E-state index contributed by atoms with van der Waals surface area (Å²) in [6, 6.07) is 15.7. The summed E-state index contributed by atoms with van der Waals surface area (Å²) >= 11 is 5.77. The Hall–Kier alpha value is -2.31. The van der Waals surface area contributed by atoms with Crippen LogP contribution in [0.5, 0.6) is 0 Å². The maximum atomic E-state index is 12.0. The minimum Gasteiger partial charge on any atom is -0.327 e. The standard InChI is InChI=1S/C18H19ClN2O3S/c1-21(13-11-15-5-3-2-4-6-15)18(22)20-25(23,24)14-12-16-7-9-17(19)10-8-16/h2-10,12,14H,11,13H2,1H3,(H,20,22)/b14-12+. The van der Waals surface area contributed by atoms with Crippen molar-refractivity contribution in [3.05, 3.63) is 76.2 Å². The first kappa shape index (κ1) is 19.0. The van der Waals surface area contributed by atoms with Gasteiger partial charge in [-0.2, -0.15) is 0 Å². The van der Waals surface area contributed by atoms with Gasteiger partial charge < -0.3 is 4.90 Å². The fourth-order valence-corrected chi connectivity index (χ4v) is 2.95. The van der Waals surface area contributed by atoms with E-state index >= 15 is 0 Å². The second kappa shape index (κ2) is 8.69. The van der Waals surface area contributed by atoms with Gasteiger partial charge in [-0.15, -0.1) is 0 Å². The van der Waals surface area contributed by atoms with Crippen LogP contribution >= 0.6 is 11.6 Å². The highest BCUT2D eigenvalue weighted by atomic mass is 35.5. The maximum Gasteiger partial charge on any atom is 0.331 e. The molecule has 0 unspecified atom stereocenters. The van der Waals surface area contributed by atoms with E-state index in [4.69, 9.17) is 11.6 Å². The SMILES string of the molecule is CN(CCc1ccccc1)C(=O)NS(=O)(=O)/C=C/c1ccc(Cl)cc1. The van der Waals surface area contributed by atoms with E-state index in [1.807, 2.05) is 35.1 Å². The van der Waals surface area contributed by atoms with Crippen molar-refractivity contribution < 1.29 is 13.2 Å². The number of halogens is 1. The van der Waals surface area contributed by atoms with Gasteiger partial charge in [0.05, 0.1) is 5.41 Å². The Labute approximate surface area is 153 Å². The third-order valence-electron chi connectivity index (χ3n) is 3.46. The molecule has 25 heavy (non-hydrogen) atoms. The molecule has 0 aliphatic carbocycles. The van der Waals surface area contributed by atoms with E-state index in [1.165, 1.54) is 11.0 Å². The van der Waals surface area contributed by atoms with Crippen LogP contribution in [0.15, 0.2) is 60.0 Å². The number of urea groups is 1. The molecule has 0 atom stereocenters. The Balaban J connectivity index is 1.90. The second-order valence-corrected chi connectivity index (χ2v) is 7.47. The lowest BCUT2D eigenvalue weighted by atomic mass is 10.1. The van der Waals surface area contributed by atoms with Crippen LogP contribution in [0.2, 0.25) is 5.02 Å². The van der Waals surface area contributed by atoms with Crippen LogP contribution in [0.1, 0.15) is 11.1 Å². The van der Waals surface area contributed by atoms with Crippen LogP contribution in [0, 0.1) is 0 Å². The molecule has 0 saturated carbocycles. The van der Waals surface area contributed by atoms with E-state index in [-0.39, 0.29) is 0 Å². The summed E-state index contributed by atoms with van der Waals surface area (Å²) in [5.74, 6) is 0. The first-order valence-electron chi connectivity index (χ1n) is 7.61. The Bertz CT molecular complexity index is 834. The summed E-state index contributed by atoms with van der Waals surface area (Å²) in [4.78, 5) is 13.4. The zero-order valence-electron chi connectivity index (χ0n) is 13.7. The van der Waals surface area contributed by atoms with E-state index in [1.54, 1.807) is 31.3 Å². The quantitative estimate of drug-likeness (QED) is 0.836. The molecule has 0 aliphatic heterocycles. The van der Waals surface area contributed by atoms with Crippen molar-refractivity contribution in [2.24, 2.45) is 0 Å². The molecule has 2 aromatic carbocycles. The van der Waals surface area contributed by atoms with Gasteiger partial charge in [0, 0.05) is 18.6 Å². The number of carbonyl (C=O) groups is 1. The molecule has 0 fully saturated rings. The smallest absolute Gasteiger partial charge is 0.327 e. The summed E-state index contributed by atoms with van der Waals surface area (Å²) < 4.78 is 26.0. The van der Waals surface area contributed by atoms with Crippen LogP contribution in [0.3, 0.4) is 0 Å². The van der Waals surface area contributed by atoms with Crippen molar-refractivity contribution in [2.45, 2.75) is 6.42 Å². The number of nitrogens with one attached hydrogen (secondary N) is 1. The van der Waals surface area contributed by atoms with Crippen molar-refractivity contribution in [3.8, 4) is 0 Å². The Morgan fingerprint density at radius 3 is 2.40 bits per heavy atom. The fraction of sp³-hybridized carbons (Fsp3) is 0.167. The molecule has 0 aromatic heterocycles. The molecular formula is C18H19ClN2O3S. The van der Waals surface area contributed by atoms with Crippen molar-refractivity contribution in [2.75, 3.05) is 13.6 Å². The van der Waals surface area contributed by atoms with Gasteiger partial charge in [-0.3, -0.25) is 0 Å². The predicted molar refractivity (Wildman–Crippen MR) is 101 cm³/mol. The van der Waals surface area contributed by atoms with Crippen LogP contribution < -0.4 is 4.72 Å². The molecule has 2 aromatic rings. The van der Waals surface area contributed by atoms with Gasteiger partial charge in [-0.25, -0.2) is 17.9 Å². The normalized spacial score (nSPS) is 11.4. The molecule has 0 saturated heterocycles. The van der Waals surface area contributed by atoms with E-state index in [0.29, 0.717) is 23.6 Å². The summed E-state index contributed by atoms with van der Waals surface area (Å²) in [5.41, 5.74) is 1.74. The summed E-state index contributed by atoms with van der Waals surface area (Å²) in [6.07, 6.45) is 2.04. The Morgan fingerprint density at radius 1 is 1.12 bits per heavy atom. The van der Waals surface area contributed by atoms with Gasteiger partial charge in [-0.05, 0) is 35.8 Å². The Morgan fingerprint density at radius 2 is 1.76 bits per heavy atom. The summed E-state index contributed by atoms with van der Waals surface area (Å²) in [5, 5.41) is 1.52. The van der Waals surface area contributed by atoms with Crippen molar-refractivity contribution in [1.29, 1.82) is 0 Å². The van der Waals surface area contributed by atoms with Crippen molar-refractivity contribution >= 4 is 33.7 Å². The first-order chi connectivity index (χ1) is 11.9. The molecule has 5 nitrogen and oxygen atoms in total. The largest absolute Gasteiger partial charge is 0.331 e. The topological polar surface area (TPSA) is 66.5 Å². The number of hydrogen-bond acceptors (Lipinski definition) is 3. The van der Waals surface area contributed by atoms with Gasteiger partial charge in [0.15, 0.2) is 0 Å². The van der Waals surface area contributed by atoms with E-state index < -0.39 is 16.1 Å². The lowest BCUT2D eigenvalue weighted by Crippen LogP contribution is -2.40. The van der Waals surface area contributed by atoms with Crippen LogP contribution in [0.4, 0.5) is 4.79 Å². The highest BCUT2D eigenvalue weighted by Crippen LogP contribution is 2.11.